The number of carbonyl (C=O) groups is 1. The second-order valence-electron chi connectivity index (χ2n) is 6.28. The maximum atomic E-state index is 10.3. The van der Waals surface area contributed by atoms with Gasteiger partial charge in [0.1, 0.15) is 12.0 Å². The van der Waals surface area contributed by atoms with Gasteiger partial charge in [0.05, 0.1) is 17.8 Å². The van der Waals surface area contributed by atoms with E-state index in [1.807, 2.05) is 52.0 Å². The second kappa shape index (κ2) is 6.20. The first-order valence-corrected chi connectivity index (χ1v) is 7.38. The average Bonchev–Trinajstić information content (AvgIpc) is 2.64. The summed E-state index contributed by atoms with van der Waals surface area (Å²) in [4.78, 5) is 10.3. The number of rotatable bonds is 6. The summed E-state index contributed by atoms with van der Waals surface area (Å²) in [6.07, 6.45) is 2.13. The van der Waals surface area contributed by atoms with Crippen LogP contribution in [0, 0.1) is 0 Å². The summed E-state index contributed by atoms with van der Waals surface area (Å²) in [5.41, 5.74) is 0.146. The number of hydrogen-bond donors (Lipinski definition) is 0. The molecule has 1 aromatic carbocycles. The summed E-state index contributed by atoms with van der Waals surface area (Å²) in [7, 11) is -0.433. The molecule has 0 unspecified atom stereocenters. The molecular weight excluding hydrogens is 267 g/mol. The highest BCUT2D eigenvalue weighted by atomic mass is 16.7. The van der Waals surface area contributed by atoms with Crippen LogP contribution < -0.4 is 10.2 Å². The Morgan fingerprint density at radius 1 is 1.14 bits per heavy atom. The zero-order valence-corrected chi connectivity index (χ0v) is 13.2. The van der Waals surface area contributed by atoms with Crippen molar-refractivity contribution in [3.63, 3.8) is 0 Å². The molecule has 0 bridgehead atoms. The van der Waals surface area contributed by atoms with Crippen LogP contribution in [0.15, 0.2) is 24.3 Å². The quantitative estimate of drug-likeness (QED) is 0.458. The first-order chi connectivity index (χ1) is 9.87. The number of unbranched alkanes of at least 4 members (excludes halogenated alkanes) is 1. The molecule has 5 heteroatoms. The second-order valence-corrected chi connectivity index (χ2v) is 6.28. The lowest BCUT2D eigenvalue weighted by Crippen LogP contribution is -2.41. The van der Waals surface area contributed by atoms with Crippen molar-refractivity contribution in [2.45, 2.75) is 51.7 Å². The summed E-state index contributed by atoms with van der Waals surface area (Å²) < 4.78 is 17.9. The van der Waals surface area contributed by atoms with E-state index in [0.717, 1.165) is 17.5 Å². The SMILES string of the molecule is CC1(C)OB(c2ccccc2OCCCC=O)OC1(C)C. The van der Waals surface area contributed by atoms with Gasteiger partial charge >= 0.3 is 7.12 Å². The van der Waals surface area contributed by atoms with Gasteiger partial charge < -0.3 is 18.8 Å². The van der Waals surface area contributed by atoms with Gasteiger partial charge in [-0.3, -0.25) is 0 Å². The van der Waals surface area contributed by atoms with Crippen molar-refractivity contribution in [3.8, 4) is 5.75 Å². The van der Waals surface area contributed by atoms with Crippen LogP contribution in [0.4, 0.5) is 0 Å². The van der Waals surface area contributed by atoms with Crippen LogP contribution in [0.2, 0.25) is 0 Å². The van der Waals surface area contributed by atoms with Crippen LogP contribution in [-0.4, -0.2) is 31.2 Å². The minimum atomic E-state index is -0.433. The Kier molecular flexibility index (Phi) is 4.74. The van der Waals surface area contributed by atoms with Gasteiger partial charge in [0, 0.05) is 11.9 Å². The van der Waals surface area contributed by atoms with E-state index in [2.05, 4.69) is 0 Å². The van der Waals surface area contributed by atoms with E-state index in [-0.39, 0.29) is 11.2 Å². The van der Waals surface area contributed by atoms with Gasteiger partial charge in [0.2, 0.25) is 0 Å². The lowest BCUT2D eigenvalue weighted by molar-refractivity contribution is -0.108. The standard InChI is InChI=1S/C16H23BO4/c1-15(2)16(3,4)21-17(20-15)13-9-5-6-10-14(13)19-12-8-7-11-18/h5-6,9-11H,7-8,12H2,1-4H3. The predicted molar refractivity (Wildman–Crippen MR) is 83.0 cm³/mol. The number of carbonyl (C=O) groups excluding carboxylic acids is 1. The van der Waals surface area contributed by atoms with E-state index >= 15 is 0 Å². The van der Waals surface area contributed by atoms with Crippen LogP contribution in [0.3, 0.4) is 0 Å². The van der Waals surface area contributed by atoms with Crippen molar-refractivity contribution in [3.05, 3.63) is 24.3 Å². The molecule has 1 aromatic rings. The third-order valence-corrected chi connectivity index (χ3v) is 4.15. The number of ether oxygens (including phenoxy) is 1. The summed E-state index contributed by atoms with van der Waals surface area (Å²) >= 11 is 0. The van der Waals surface area contributed by atoms with Gasteiger partial charge in [0.25, 0.3) is 0 Å². The molecule has 0 N–H and O–H groups in total. The van der Waals surface area contributed by atoms with E-state index in [4.69, 9.17) is 14.0 Å². The van der Waals surface area contributed by atoms with E-state index in [9.17, 15) is 4.79 Å². The monoisotopic (exact) mass is 290 g/mol. The summed E-state index contributed by atoms with van der Waals surface area (Å²) in [5, 5.41) is 0. The van der Waals surface area contributed by atoms with Crippen molar-refractivity contribution in [2.24, 2.45) is 0 Å². The molecule has 1 aliphatic rings. The van der Waals surface area contributed by atoms with Crippen LogP contribution in [0.5, 0.6) is 5.75 Å². The first kappa shape index (κ1) is 16.1. The van der Waals surface area contributed by atoms with Crippen LogP contribution in [0.25, 0.3) is 0 Å². The van der Waals surface area contributed by atoms with Gasteiger partial charge in [-0.05, 0) is 40.2 Å². The van der Waals surface area contributed by atoms with E-state index in [0.29, 0.717) is 19.4 Å². The lowest BCUT2D eigenvalue weighted by Gasteiger charge is -2.32. The molecule has 114 valence electrons. The normalized spacial score (nSPS) is 19.5. The fourth-order valence-corrected chi connectivity index (χ4v) is 2.13. The first-order valence-electron chi connectivity index (χ1n) is 7.38. The molecule has 0 amide bonds. The largest absolute Gasteiger partial charge is 0.498 e. The third-order valence-electron chi connectivity index (χ3n) is 4.15. The Hall–Kier alpha value is -1.33. The molecule has 0 aromatic heterocycles. The molecule has 4 nitrogen and oxygen atoms in total. The Balaban J connectivity index is 2.12. The smallest absolute Gasteiger partial charge is 0.494 e. The van der Waals surface area contributed by atoms with E-state index in [1.54, 1.807) is 0 Å². The Bertz CT molecular complexity index is 483. The van der Waals surface area contributed by atoms with Crippen molar-refractivity contribution in [1.29, 1.82) is 0 Å². The van der Waals surface area contributed by atoms with Crippen LogP contribution >= 0.6 is 0 Å². The number of aldehydes is 1. The molecule has 0 spiro atoms. The highest BCUT2D eigenvalue weighted by molar-refractivity contribution is 6.63. The summed E-state index contributed by atoms with van der Waals surface area (Å²) in [6, 6.07) is 7.72. The van der Waals surface area contributed by atoms with Crippen molar-refractivity contribution in [1.82, 2.24) is 0 Å². The number of para-hydroxylation sites is 1. The maximum absolute atomic E-state index is 10.3. The molecule has 1 saturated heterocycles. The fraction of sp³-hybridized carbons (Fsp3) is 0.562. The fourth-order valence-electron chi connectivity index (χ4n) is 2.13. The molecule has 0 saturated carbocycles. The summed E-state index contributed by atoms with van der Waals surface area (Å²) in [6.45, 7) is 8.62. The average molecular weight is 290 g/mol. The van der Waals surface area contributed by atoms with Crippen molar-refractivity contribution in [2.75, 3.05) is 6.61 Å². The lowest BCUT2D eigenvalue weighted by atomic mass is 9.78. The molecule has 2 rings (SSSR count). The highest BCUT2D eigenvalue weighted by Crippen LogP contribution is 2.37. The van der Waals surface area contributed by atoms with Gasteiger partial charge in [-0.15, -0.1) is 0 Å². The zero-order chi connectivity index (χ0) is 15.5. The van der Waals surface area contributed by atoms with Gasteiger partial charge in [-0.25, -0.2) is 0 Å². The van der Waals surface area contributed by atoms with Crippen molar-refractivity contribution < 1.29 is 18.8 Å². The molecule has 0 radical (unpaired) electrons. The highest BCUT2D eigenvalue weighted by Gasteiger charge is 2.52. The van der Waals surface area contributed by atoms with Gasteiger partial charge in [-0.1, -0.05) is 18.2 Å². The van der Waals surface area contributed by atoms with Crippen molar-refractivity contribution >= 4 is 18.9 Å². The molecular formula is C16H23BO4. The Morgan fingerprint density at radius 3 is 2.38 bits per heavy atom. The van der Waals surface area contributed by atoms with Gasteiger partial charge in [0.15, 0.2) is 0 Å². The predicted octanol–water partition coefficient (Wildman–Crippen LogP) is 2.34. The summed E-state index contributed by atoms with van der Waals surface area (Å²) in [5.74, 6) is 0.752. The topological polar surface area (TPSA) is 44.8 Å². The van der Waals surface area contributed by atoms with Crippen LogP contribution in [-0.2, 0) is 14.1 Å². The molecule has 1 aliphatic heterocycles. The third kappa shape index (κ3) is 3.47. The van der Waals surface area contributed by atoms with Gasteiger partial charge in [-0.2, -0.15) is 0 Å². The minimum absolute atomic E-state index is 0.373. The Labute approximate surface area is 126 Å². The molecule has 1 heterocycles. The van der Waals surface area contributed by atoms with E-state index < -0.39 is 7.12 Å². The van der Waals surface area contributed by atoms with E-state index in [1.165, 1.54) is 0 Å². The maximum Gasteiger partial charge on any atom is 0.498 e. The number of hydrogen-bond acceptors (Lipinski definition) is 4. The Morgan fingerprint density at radius 2 is 1.76 bits per heavy atom. The molecule has 21 heavy (non-hydrogen) atoms. The molecule has 0 aliphatic carbocycles. The van der Waals surface area contributed by atoms with Crippen LogP contribution in [0.1, 0.15) is 40.5 Å². The molecule has 0 atom stereocenters. The molecule has 1 fully saturated rings. The zero-order valence-electron chi connectivity index (χ0n) is 13.2. The number of benzene rings is 1. The minimum Gasteiger partial charge on any atom is -0.494 e.